The van der Waals surface area contributed by atoms with Gasteiger partial charge in [0.15, 0.2) is 0 Å². The molecular weight excluding hydrogens is 278 g/mol. The highest BCUT2D eigenvalue weighted by atomic mass is 35.5. The summed E-state index contributed by atoms with van der Waals surface area (Å²) in [6.45, 7) is 5.32. The average molecular weight is 299 g/mol. The fourth-order valence-electron chi connectivity index (χ4n) is 2.07. The number of hydrogen-bond donors (Lipinski definition) is 2. The third kappa shape index (κ3) is 5.36. The largest absolute Gasteiger partial charge is 1.00 e. The molecule has 1 heterocycles. The second-order valence-electron chi connectivity index (χ2n) is 4.69. The zero-order chi connectivity index (χ0) is 13.5. The predicted molar refractivity (Wildman–Crippen MR) is 75.1 cm³/mol. The van der Waals surface area contributed by atoms with Crippen molar-refractivity contribution in [1.82, 2.24) is 10.2 Å². The van der Waals surface area contributed by atoms with Gasteiger partial charge in [-0.25, -0.2) is 0 Å². The van der Waals surface area contributed by atoms with Gasteiger partial charge in [0.25, 0.3) is 5.91 Å². The number of carbonyl (C=O) groups excluding carboxylic acids is 1. The summed E-state index contributed by atoms with van der Waals surface area (Å²) >= 11 is 0. The van der Waals surface area contributed by atoms with E-state index in [1.807, 2.05) is 0 Å². The van der Waals surface area contributed by atoms with E-state index in [2.05, 4.69) is 10.2 Å². The van der Waals surface area contributed by atoms with Gasteiger partial charge < -0.3 is 28.2 Å². The van der Waals surface area contributed by atoms with Gasteiger partial charge in [0.2, 0.25) is 0 Å². The van der Waals surface area contributed by atoms with Gasteiger partial charge >= 0.3 is 0 Å². The molecule has 1 aliphatic heterocycles. The third-order valence-electron chi connectivity index (χ3n) is 3.21. The fourth-order valence-corrected chi connectivity index (χ4v) is 2.07. The van der Waals surface area contributed by atoms with Gasteiger partial charge in [-0.2, -0.15) is 0 Å². The zero-order valence-corrected chi connectivity index (χ0v) is 12.2. The quantitative estimate of drug-likeness (QED) is 0.475. The van der Waals surface area contributed by atoms with Crippen LogP contribution in [0.4, 0.5) is 5.69 Å². The molecule has 20 heavy (non-hydrogen) atoms. The summed E-state index contributed by atoms with van der Waals surface area (Å²) in [6.07, 6.45) is 0.959. The molecule has 0 spiro atoms. The van der Waals surface area contributed by atoms with E-state index in [0.29, 0.717) is 17.8 Å². The van der Waals surface area contributed by atoms with Crippen LogP contribution < -0.4 is 23.5 Å². The number of nitrogen functional groups attached to an aromatic ring is 1. The second-order valence-corrected chi connectivity index (χ2v) is 4.69. The van der Waals surface area contributed by atoms with Crippen molar-refractivity contribution in [3.8, 4) is 0 Å². The lowest BCUT2D eigenvalue weighted by Crippen LogP contribution is -3.00. The third-order valence-corrected chi connectivity index (χ3v) is 3.21. The van der Waals surface area contributed by atoms with Crippen LogP contribution in [-0.4, -0.2) is 50.2 Å². The fraction of sp³-hybridized carbons (Fsp3) is 0.500. The molecule has 6 heteroatoms. The van der Waals surface area contributed by atoms with Crippen molar-refractivity contribution in [1.29, 1.82) is 0 Å². The Morgan fingerprint density at radius 1 is 1.25 bits per heavy atom. The number of morpholine rings is 1. The lowest BCUT2D eigenvalue weighted by Gasteiger charge is -2.26. The molecule has 112 valence electrons. The lowest BCUT2D eigenvalue weighted by atomic mass is 10.2. The van der Waals surface area contributed by atoms with Crippen molar-refractivity contribution in [2.24, 2.45) is 0 Å². The first-order chi connectivity index (χ1) is 9.25. The van der Waals surface area contributed by atoms with Gasteiger partial charge in [-0.05, 0) is 37.2 Å². The first-order valence-corrected chi connectivity index (χ1v) is 6.69. The van der Waals surface area contributed by atoms with E-state index in [9.17, 15) is 4.79 Å². The maximum atomic E-state index is 11.8. The summed E-state index contributed by atoms with van der Waals surface area (Å²) in [4.78, 5) is 14.2. The van der Waals surface area contributed by atoms with Gasteiger partial charge in [0.1, 0.15) is 0 Å². The summed E-state index contributed by atoms with van der Waals surface area (Å²) in [6, 6.07) is 6.96. The van der Waals surface area contributed by atoms with E-state index in [4.69, 9.17) is 10.5 Å². The number of nitrogens with two attached hydrogens (primary N) is 1. The molecule has 0 unspecified atom stereocenters. The summed E-state index contributed by atoms with van der Waals surface area (Å²) in [5.74, 6) is -0.0398. The number of hydrogen-bond acceptors (Lipinski definition) is 4. The molecule has 0 saturated carbocycles. The molecule has 1 saturated heterocycles. The number of carbonyl (C=O) groups is 1. The van der Waals surface area contributed by atoms with Crippen LogP contribution in [0, 0.1) is 0 Å². The Bertz CT molecular complexity index is 405. The standard InChI is InChI=1S/C14H21N3O2.ClH/c15-13-4-2-12(3-5-13)14(18)16-6-1-7-17-8-10-19-11-9-17;/h2-5H,1,6-11,15H2,(H,16,18);1H/p-1. The van der Waals surface area contributed by atoms with Gasteiger partial charge in [0.05, 0.1) is 13.2 Å². The number of nitrogens with zero attached hydrogens (tertiary/aromatic N) is 1. The van der Waals surface area contributed by atoms with E-state index in [1.54, 1.807) is 24.3 Å². The summed E-state index contributed by atoms with van der Waals surface area (Å²) < 4.78 is 5.29. The van der Waals surface area contributed by atoms with Crippen LogP contribution in [-0.2, 0) is 4.74 Å². The average Bonchev–Trinajstić information content (AvgIpc) is 2.45. The van der Waals surface area contributed by atoms with Crippen molar-refractivity contribution in [3.05, 3.63) is 29.8 Å². The van der Waals surface area contributed by atoms with E-state index < -0.39 is 0 Å². The highest BCUT2D eigenvalue weighted by Crippen LogP contribution is 2.05. The number of rotatable bonds is 5. The van der Waals surface area contributed by atoms with Crippen molar-refractivity contribution in [2.45, 2.75) is 6.42 Å². The Balaban J connectivity index is 0.00000200. The SMILES string of the molecule is Nc1ccc(C(=O)NCCCN2CCOCC2)cc1.[Cl-]. The molecule has 0 atom stereocenters. The molecule has 0 radical (unpaired) electrons. The summed E-state index contributed by atoms with van der Waals surface area (Å²) in [5.41, 5.74) is 6.91. The van der Waals surface area contributed by atoms with Crippen molar-refractivity contribution in [2.75, 3.05) is 45.1 Å². The Hall–Kier alpha value is -1.30. The molecule has 0 aromatic heterocycles. The molecule has 0 aliphatic carbocycles. The maximum Gasteiger partial charge on any atom is 0.251 e. The Morgan fingerprint density at radius 2 is 1.90 bits per heavy atom. The number of halogens is 1. The molecule has 3 N–H and O–H groups in total. The summed E-state index contributed by atoms with van der Waals surface area (Å²) in [7, 11) is 0. The van der Waals surface area contributed by atoms with Crippen LogP contribution in [0.15, 0.2) is 24.3 Å². The predicted octanol–water partition coefficient (Wildman–Crippen LogP) is -2.28. The highest BCUT2D eigenvalue weighted by Gasteiger charge is 2.09. The minimum Gasteiger partial charge on any atom is -1.00 e. The Labute approximate surface area is 125 Å². The molecule has 1 aliphatic rings. The first-order valence-electron chi connectivity index (χ1n) is 6.69. The molecular formula is C14H21ClN3O2-. The molecule has 2 rings (SSSR count). The topological polar surface area (TPSA) is 67.6 Å². The van der Waals surface area contributed by atoms with Crippen LogP contribution in [0.3, 0.4) is 0 Å². The Kier molecular flexibility index (Phi) is 7.36. The second kappa shape index (κ2) is 8.79. The van der Waals surface area contributed by atoms with E-state index in [-0.39, 0.29) is 18.3 Å². The number of amides is 1. The molecule has 1 aromatic carbocycles. The number of nitrogens with one attached hydrogen (secondary N) is 1. The van der Waals surface area contributed by atoms with Crippen LogP contribution in [0.2, 0.25) is 0 Å². The van der Waals surface area contributed by atoms with Gasteiger partial charge in [-0.1, -0.05) is 0 Å². The monoisotopic (exact) mass is 298 g/mol. The van der Waals surface area contributed by atoms with Crippen LogP contribution in [0.1, 0.15) is 16.8 Å². The molecule has 0 bridgehead atoms. The number of anilines is 1. The molecule has 5 nitrogen and oxygen atoms in total. The molecule has 1 fully saturated rings. The van der Waals surface area contributed by atoms with Gasteiger partial charge in [-0.3, -0.25) is 9.69 Å². The minimum absolute atomic E-state index is 0. The first kappa shape index (κ1) is 16.8. The smallest absolute Gasteiger partial charge is 0.251 e. The van der Waals surface area contributed by atoms with E-state index in [0.717, 1.165) is 39.3 Å². The zero-order valence-electron chi connectivity index (χ0n) is 11.5. The van der Waals surface area contributed by atoms with Crippen LogP contribution in [0.5, 0.6) is 0 Å². The number of ether oxygens (including phenoxy) is 1. The normalized spacial score (nSPS) is 15.4. The maximum absolute atomic E-state index is 11.8. The van der Waals surface area contributed by atoms with Gasteiger partial charge in [0, 0.05) is 30.9 Å². The van der Waals surface area contributed by atoms with Crippen molar-refractivity contribution < 1.29 is 21.9 Å². The molecule has 1 aromatic rings. The van der Waals surface area contributed by atoms with E-state index >= 15 is 0 Å². The van der Waals surface area contributed by atoms with E-state index in [1.165, 1.54) is 0 Å². The number of benzene rings is 1. The summed E-state index contributed by atoms with van der Waals surface area (Å²) in [5, 5.41) is 2.92. The minimum atomic E-state index is -0.0398. The highest BCUT2D eigenvalue weighted by molar-refractivity contribution is 5.94. The van der Waals surface area contributed by atoms with Gasteiger partial charge in [-0.15, -0.1) is 0 Å². The van der Waals surface area contributed by atoms with Crippen LogP contribution in [0.25, 0.3) is 0 Å². The van der Waals surface area contributed by atoms with Crippen molar-refractivity contribution in [3.63, 3.8) is 0 Å². The lowest BCUT2D eigenvalue weighted by molar-refractivity contribution is -0.0000135. The van der Waals surface area contributed by atoms with Crippen molar-refractivity contribution >= 4 is 11.6 Å². The Morgan fingerprint density at radius 3 is 2.55 bits per heavy atom. The van der Waals surface area contributed by atoms with Crippen LogP contribution >= 0.6 is 0 Å². The molecule has 1 amide bonds.